The number of hydrogen-bond acceptors (Lipinski definition) is 5. The van der Waals surface area contributed by atoms with E-state index in [2.05, 4.69) is 0 Å². The maximum Gasteiger partial charge on any atom is 0.259 e. The molecular weight excluding hydrogens is 316 g/mol. The van der Waals surface area contributed by atoms with Crippen molar-refractivity contribution in [3.05, 3.63) is 52.3 Å². The van der Waals surface area contributed by atoms with Crippen molar-refractivity contribution >= 4 is 15.6 Å². The second-order valence-electron chi connectivity index (χ2n) is 5.86. The second-order valence-corrected chi connectivity index (χ2v) is 7.83. The second kappa shape index (κ2) is 5.23. The number of carbonyl (C=O) groups excluding carboxylic acids is 1. The average molecular weight is 334 g/mol. The molecule has 2 aliphatic rings. The van der Waals surface area contributed by atoms with Crippen molar-refractivity contribution in [1.29, 1.82) is 0 Å². The lowest BCUT2D eigenvalue weighted by atomic mass is 10.0. The Morgan fingerprint density at radius 1 is 1.04 bits per heavy atom. The number of Topliss-reactive ketones (excluding diaryl/α,β-unsaturated/α-hetero) is 1. The fourth-order valence-corrected chi connectivity index (χ4v) is 4.70. The summed E-state index contributed by atoms with van der Waals surface area (Å²) >= 11 is 0. The van der Waals surface area contributed by atoms with Gasteiger partial charge in [0.2, 0.25) is 9.84 Å². The maximum absolute atomic E-state index is 12.8. The first-order valence-corrected chi connectivity index (χ1v) is 8.82. The minimum Gasteiger partial charge on any atom is -0.456 e. The summed E-state index contributed by atoms with van der Waals surface area (Å²) in [5.74, 6) is -0.359. The summed E-state index contributed by atoms with van der Waals surface area (Å²) in [4.78, 5) is 12.1. The molecular formula is C17H18O5S. The van der Waals surface area contributed by atoms with Gasteiger partial charge in [0.15, 0.2) is 5.78 Å². The minimum absolute atomic E-state index is 0.0833. The monoisotopic (exact) mass is 334 g/mol. The van der Waals surface area contributed by atoms with E-state index >= 15 is 0 Å². The van der Waals surface area contributed by atoms with Crippen LogP contribution >= 0.6 is 0 Å². The van der Waals surface area contributed by atoms with E-state index in [0.717, 1.165) is 0 Å². The molecule has 0 aliphatic carbocycles. The van der Waals surface area contributed by atoms with Crippen LogP contribution in [0.4, 0.5) is 0 Å². The van der Waals surface area contributed by atoms with Crippen LogP contribution in [0.5, 0.6) is 0 Å². The lowest BCUT2D eigenvalue weighted by molar-refractivity contribution is -0.159. The third-order valence-electron chi connectivity index (χ3n) is 4.17. The molecule has 1 aromatic rings. The van der Waals surface area contributed by atoms with Crippen molar-refractivity contribution in [2.45, 2.75) is 44.3 Å². The van der Waals surface area contributed by atoms with Crippen molar-refractivity contribution in [3.63, 3.8) is 0 Å². The molecule has 2 heterocycles. The molecule has 1 atom stereocenters. The topological polar surface area (TPSA) is 69.7 Å². The molecule has 6 heteroatoms. The highest BCUT2D eigenvalue weighted by Crippen LogP contribution is 2.47. The van der Waals surface area contributed by atoms with Gasteiger partial charge in [-0.25, -0.2) is 8.42 Å². The Hall–Kier alpha value is -2.08. The van der Waals surface area contributed by atoms with E-state index in [1.807, 2.05) is 0 Å². The Balaban J connectivity index is 1.91. The Morgan fingerprint density at radius 3 is 2.22 bits per heavy atom. The number of hydrogen-bond donors (Lipinski definition) is 0. The molecule has 23 heavy (non-hydrogen) atoms. The molecule has 2 aliphatic heterocycles. The molecule has 5 nitrogen and oxygen atoms in total. The Kier molecular flexibility index (Phi) is 3.59. The fourth-order valence-electron chi connectivity index (χ4n) is 3.07. The first kappa shape index (κ1) is 15.8. The molecule has 0 aromatic heterocycles. The highest BCUT2D eigenvalue weighted by Gasteiger charge is 2.50. The normalized spacial score (nSPS) is 24.1. The van der Waals surface area contributed by atoms with Gasteiger partial charge in [-0.15, -0.1) is 0 Å². The first-order chi connectivity index (χ1) is 10.8. The summed E-state index contributed by atoms with van der Waals surface area (Å²) in [6, 6.07) is 8.24. The number of ketones is 1. The van der Waals surface area contributed by atoms with E-state index in [9.17, 15) is 13.2 Å². The van der Waals surface area contributed by atoms with Crippen molar-refractivity contribution < 1.29 is 22.7 Å². The first-order valence-electron chi connectivity index (χ1n) is 7.34. The number of ether oxygens (including phenoxy) is 2. The smallest absolute Gasteiger partial charge is 0.259 e. The van der Waals surface area contributed by atoms with E-state index in [4.69, 9.17) is 9.47 Å². The lowest BCUT2D eigenvalue weighted by Crippen LogP contribution is -2.28. The molecule has 1 aromatic carbocycles. The third-order valence-corrected chi connectivity index (χ3v) is 6.15. The maximum atomic E-state index is 12.8. The zero-order valence-corrected chi connectivity index (χ0v) is 14.1. The molecule has 3 rings (SSSR count). The van der Waals surface area contributed by atoms with Gasteiger partial charge in [0, 0.05) is 5.57 Å². The Morgan fingerprint density at radius 2 is 1.65 bits per heavy atom. The van der Waals surface area contributed by atoms with Gasteiger partial charge in [-0.3, -0.25) is 4.79 Å². The van der Waals surface area contributed by atoms with Gasteiger partial charge < -0.3 is 9.47 Å². The molecule has 0 saturated heterocycles. The molecule has 1 unspecified atom stereocenters. The van der Waals surface area contributed by atoms with Crippen LogP contribution in [0.2, 0.25) is 0 Å². The highest BCUT2D eigenvalue weighted by atomic mass is 32.2. The van der Waals surface area contributed by atoms with Crippen molar-refractivity contribution in [2.24, 2.45) is 0 Å². The average Bonchev–Trinajstić information content (AvgIpc) is 2.99. The molecule has 0 bridgehead atoms. The summed E-state index contributed by atoms with van der Waals surface area (Å²) < 4.78 is 37.1. The van der Waals surface area contributed by atoms with Crippen LogP contribution in [-0.4, -0.2) is 20.0 Å². The predicted octanol–water partition coefficient (Wildman–Crippen LogP) is 3.09. The summed E-state index contributed by atoms with van der Waals surface area (Å²) in [6.07, 6.45) is 0.365. The predicted molar refractivity (Wildman–Crippen MR) is 83.8 cm³/mol. The van der Waals surface area contributed by atoms with Crippen LogP contribution in [0.3, 0.4) is 0 Å². The minimum atomic E-state index is -3.64. The summed E-state index contributed by atoms with van der Waals surface area (Å²) in [7, 11) is -3.64. The van der Waals surface area contributed by atoms with E-state index in [1.165, 1.54) is 6.92 Å². The van der Waals surface area contributed by atoms with Crippen LogP contribution in [-0.2, 0) is 24.1 Å². The Labute approximate surface area is 135 Å². The molecule has 0 N–H and O–H groups in total. The third kappa shape index (κ3) is 2.57. The largest absolute Gasteiger partial charge is 0.456 e. The van der Waals surface area contributed by atoms with E-state index < -0.39 is 15.6 Å². The summed E-state index contributed by atoms with van der Waals surface area (Å²) in [5, 5.41) is 0. The van der Waals surface area contributed by atoms with Gasteiger partial charge in [-0.05, 0) is 32.9 Å². The van der Waals surface area contributed by atoms with Crippen LogP contribution < -0.4 is 0 Å². The number of sulfone groups is 1. The van der Waals surface area contributed by atoms with Crippen LogP contribution in [0.15, 0.2) is 57.2 Å². The van der Waals surface area contributed by atoms with Crippen molar-refractivity contribution in [1.82, 2.24) is 0 Å². The van der Waals surface area contributed by atoms with Gasteiger partial charge in [0.1, 0.15) is 11.5 Å². The van der Waals surface area contributed by atoms with Crippen molar-refractivity contribution in [2.75, 3.05) is 0 Å². The molecule has 122 valence electrons. The van der Waals surface area contributed by atoms with Crippen molar-refractivity contribution in [3.8, 4) is 0 Å². The van der Waals surface area contributed by atoms with E-state index in [1.54, 1.807) is 44.2 Å². The van der Waals surface area contributed by atoms with Gasteiger partial charge in [0.25, 0.3) is 5.79 Å². The Bertz CT molecular complexity index is 833. The number of allylic oxidation sites excluding steroid dienone is 2. The number of rotatable bonds is 3. The molecule has 0 fully saturated rings. The number of carbonyl (C=O) groups is 1. The van der Waals surface area contributed by atoms with Gasteiger partial charge in [-0.2, -0.15) is 0 Å². The van der Waals surface area contributed by atoms with Gasteiger partial charge in [0.05, 0.1) is 22.6 Å². The van der Waals surface area contributed by atoms with Crippen LogP contribution in [0.1, 0.15) is 33.6 Å². The SMILES string of the molecule is CC(=O)C1=C(C)OC2(C1)CC(S(=O)(=O)c1ccccc1)=C(C)O2. The molecule has 0 amide bonds. The zero-order chi connectivity index (χ0) is 16.8. The molecule has 0 radical (unpaired) electrons. The van der Waals surface area contributed by atoms with Gasteiger partial charge >= 0.3 is 0 Å². The van der Waals surface area contributed by atoms with Crippen LogP contribution in [0.25, 0.3) is 0 Å². The fraction of sp³-hybridized carbons (Fsp3) is 0.353. The molecule has 0 saturated carbocycles. The van der Waals surface area contributed by atoms with Gasteiger partial charge in [-0.1, -0.05) is 18.2 Å². The lowest BCUT2D eigenvalue weighted by Gasteiger charge is -2.24. The highest BCUT2D eigenvalue weighted by molar-refractivity contribution is 7.95. The van der Waals surface area contributed by atoms with Crippen LogP contribution in [0, 0.1) is 0 Å². The summed E-state index contributed by atoms with van der Waals surface area (Å²) in [6.45, 7) is 4.79. The quantitative estimate of drug-likeness (QED) is 0.849. The van der Waals surface area contributed by atoms with E-state index in [-0.39, 0.29) is 28.4 Å². The standard InChI is InChI=1S/C17H18O5S/c1-11(18)15-9-17(21-12(15)2)10-16(13(3)22-17)23(19,20)14-7-5-4-6-8-14/h4-8H,9-10H2,1-3H3. The number of benzene rings is 1. The van der Waals surface area contributed by atoms with E-state index in [0.29, 0.717) is 17.1 Å². The molecule has 1 spiro atoms. The summed E-state index contributed by atoms with van der Waals surface area (Å²) in [5.41, 5.74) is 0.552. The zero-order valence-electron chi connectivity index (χ0n) is 13.3.